The second kappa shape index (κ2) is 8.86. The molecule has 0 aliphatic rings. The zero-order valence-electron chi connectivity index (χ0n) is 15.8. The third-order valence-electron chi connectivity index (χ3n) is 4.25. The van der Waals surface area contributed by atoms with Crippen molar-refractivity contribution in [2.24, 2.45) is 0 Å². The van der Waals surface area contributed by atoms with Crippen LogP contribution in [0.15, 0.2) is 84.9 Å². The van der Waals surface area contributed by atoms with Gasteiger partial charge >= 0.3 is 0 Å². The monoisotopic (exact) mass is 374 g/mol. The van der Waals surface area contributed by atoms with Gasteiger partial charge in [-0.25, -0.2) is 0 Å². The van der Waals surface area contributed by atoms with Crippen LogP contribution in [-0.2, 0) is 4.79 Å². The van der Waals surface area contributed by atoms with Crippen LogP contribution < -0.4 is 15.0 Å². The van der Waals surface area contributed by atoms with Gasteiger partial charge in [0, 0.05) is 24.0 Å². The number of nitrogens with zero attached hydrogens (tertiary/aromatic N) is 1. The minimum absolute atomic E-state index is 0.157. The molecule has 1 N–H and O–H groups in total. The standard InChI is InChI=1S/C23H22N2O3/c1-17(28-21-14-7-4-8-15-21)22(26)24-19-11-9-10-18(16-19)23(27)25(2)20-12-5-3-6-13-20/h3-17H,1-2H3,(H,24,26). The Labute approximate surface area is 164 Å². The van der Waals surface area contributed by atoms with Gasteiger partial charge in [0.15, 0.2) is 6.10 Å². The summed E-state index contributed by atoms with van der Waals surface area (Å²) in [6, 6.07) is 25.4. The van der Waals surface area contributed by atoms with E-state index in [2.05, 4.69) is 5.32 Å². The van der Waals surface area contributed by atoms with Crippen molar-refractivity contribution in [3.8, 4) is 5.75 Å². The largest absolute Gasteiger partial charge is 0.481 e. The topological polar surface area (TPSA) is 58.6 Å². The summed E-state index contributed by atoms with van der Waals surface area (Å²) < 4.78 is 5.63. The molecular weight excluding hydrogens is 352 g/mol. The molecule has 1 atom stereocenters. The van der Waals surface area contributed by atoms with Crippen molar-refractivity contribution in [2.45, 2.75) is 13.0 Å². The third-order valence-corrected chi connectivity index (χ3v) is 4.25. The highest BCUT2D eigenvalue weighted by molar-refractivity contribution is 6.06. The highest BCUT2D eigenvalue weighted by Crippen LogP contribution is 2.18. The van der Waals surface area contributed by atoms with Crippen LogP contribution in [0.25, 0.3) is 0 Å². The van der Waals surface area contributed by atoms with Crippen LogP contribution in [0, 0.1) is 0 Å². The number of hydrogen-bond acceptors (Lipinski definition) is 3. The summed E-state index contributed by atoms with van der Waals surface area (Å²) in [5.74, 6) is 0.180. The number of anilines is 2. The van der Waals surface area contributed by atoms with E-state index in [0.29, 0.717) is 17.0 Å². The SMILES string of the molecule is CC(Oc1ccccc1)C(=O)Nc1cccc(C(=O)N(C)c2ccccc2)c1. The molecule has 3 aromatic carbocycles. The zero-order chi connectivity index (χ0) is 19.9. The first-order valence-electron chi connectivity index (χ1n) is 9.00. The van der Waals surface area contributed by atoms with E-state index < -0.39 is 6.10 Å². The zero-order valence-corrected chi connectivity index (χ0v) is 15.8. The summed E-state index contributed by atoms with van der Waals surface area (Å²) >= 11 is 0. The molecule has 0 saturated heterocycles. The van der Waals surface area contributed by atoms with Gasteiger partial charge in [-0.05, 0) is 49.4 Å². The molecule has 5 nitrogen and oxygen atoms in total. The Balaban J connectivity index is 1.67. The number of benzene rings is 3. The number of para-hydroxylation sites is 2. The lowest BCUT2D eigenvalue weighted by molar-refractivity contribution is -0.122. The molecule has 5 heteroatoms. The molecule has 0 aromatic heterocycles. The van der Waals surface area contributed by atoms with E-state index in [1.54, 1.807) is 55.3 Å². The fourth-order valence-corrected chi connectivity index (χ4v) is 2.69. The third kappa shape index (κ3) is 4.76. The van der Waals surface area contributed by atoms with E-state index in [4.69, 9.17) is 4.74 Å². The molecule has 3 aromatic rings. The number of carbonyl (C=O) groups is 2. The Morgan fingerprint density at radius 3 is 2.21 bits per heavy atom. The van der Waals surface area contributed by atoms with Crippen LogP contribution in [-0.4, -0.2) is 25.0 Å². The molecule has 0 aliphatic carbocycles. The molecule has 0 saturated carbocycles. The Hall–Kier alpha value is -3.60. The lowest BCUT2D eigenvalue weighted by atomic mass is 10.1. The lowest BCUT2D eigenvalue weighted by Gasteiger charge is -2.18. The molecule has 28 heavy (non-hydrogen) atoms. The molecule has 3 rings (SSSR count). The summed E-state index contributed by atoms with van der Waals surface area (Å²) in [5.41, 5.74) is 1.83. The first-order valence-corrected chi connectivity index (χ1v) is 9.00. The molecule has 0 spiro atoms. The maximum atomic E-state index is 12.7. The Morgan fingerprint density at radius 2 is 1.54 bits per heavy atom. The Morgan fingerprint density at radius 1 is 0.893 bits per heavy atom. The maximum Gasteiger partial charge on any atom is 0.265 e. The summed E-state index contributed by atoms with van der Waals surface area (Å²) in [7, 11) is 1.72. The van der Waals surface area contributed by atoms with Gasteiger partial charge in [-0.2, -0.15) is 0 Å². The van der Waals surface area contributed by atoms with E-state index in [-0.39, 0.29) is 11.8 Å². The summed E-state index contributed by atoms with van der Waals surface area (Å²) in [6.07, 6.45) is -0.672. The second-order valence-corrected chi connectivity index (χ2v) is 6.34. The number of carbonyl (C=O) groups excluding carboxylic acids is 2. The first-order chi connectivity index (χ1) is 13.5. The van der Waals surface area contributed by atoms with Crippen molar-refractivity contribution in [1.82, 2.24) is 0 Å². The molecule has 0 bridgehead atoms. The summed E-state index contributed by atoms with van der Waals surface area (Å²) in [5, 5.41) is 2.80. The number of rotatable bonds is 6. The van der Waals surface area contributed by atoms with Gasteiger partial charge < -0.3 is 15.0 Å². The van der Waals surface area contributed by atoms with Crippen molar-refractivity contribution in [3.05, 3.63) is 90.5 Å². The molecule has 142 valence electrons. The minimum atomic E-state index is -0.672. The van der Waals surface area contributed by atoms with Gasteiger partial charge in [-0.15, -0.1) is 0 Å². The van der Waals surface area contributed by atoms with Crippen molar-refractivity contribution in [3.63, 3.8) is 0 Å². The number of nitrogens with one attached hydrogen (secondary N) is 1. The average Bonchev–Trinajstić information content (AvgIpc) is 2.74. The van der Waals surface area contributed by atoms with Gasteiger partial charge in [-0.3, -0.25) is 9.59 Å². The predicted octanol–water partition coefficient (Wildman–Crippen LogP) is 4.37. The highest BCUT2D eigenvalue weighted by atomic mass is 16.5. The minimum Gasteiger partial charge on any atom is -0.481 e. The molecular formula is C23H22N2O3. The van der Waals surface area contributed by atoms with Crippen LogP contribution in [0.3, 0.4) is 0 Å². The summed E-state index contributed by atoms with van der Waals surface area (Å²) in [6.45, 7) is 1.68. The molecule has 0 fully saturated rings. The Bertz CT molecular complexity index is 942. The van der Waals surface area contributed by atoms with Crippen molar-refractivity contribution >= 4 is 23.2 Å². The van der Waals surface area contributed by atoms with Crippen LogP contribution in [0.4, 0.5) is 11.4 Å². The number of amides is 2. The second-order valence-electron chi connectivity index (χ2n) is 6.34. The molecule has 0 aliphatic heterocycles. The van der Waals surface area contributed by atoms with Gasteiger partial charge in [0.05, 0.1) is 0 Å². The van der Waals surface area contributed by atoms with Crippen molar-refractivity contribution in [1.29, 1.82) is 0 Å². The highest BCUT2D eigenvalue weighted by Gasteiger charge is 2.17. The van der Waals surface area contributed by atoms with Gasteiger partial charge in [0.25, 0.3) is 11.8 Å². The van der Waals surface area contributed by atoms with Gasteiger partial charge in [0.1, 0.15) is 5.75 Å². The van der Waals surface area contributed by atoms with Crippen LogP contribution in [0.1, 0.15) is 17.3 Å². The molecule has 1 unspecified atom stereocenters. The maximum absolute atomic E-state index is 12.7. The Kier molecular flexibility index (Phi) is 6.07. The molecule has 2 amide bonds. The lowest BCUT2D eigenvalue weighted by Crippen LogP contribution is -2.30. The average molecular weight is 374 g/mol. The van der Waals surface area contributed by atoms with Crippen LogP contribution in [0.5, 0.6) is 5.75 Å². The summed E-state index contributed by atoms with van der Waals surface area (Å²) in [4.78, 5) is 26.7. The molecule has 0 heterocycles. The van der Waals surface area contributed by atoms with Gasteiger partial charge in [0.2, 0.25) is 0 Å². The van der Waals surface area contributed by atoms with Crippen molar-refractivity contribution < 1.29 is 14.3 Å². The normalized spacial score (nSPS) is 11.4. The van der Waals surface area contributed by atoms with E-state index in [1.807, 2.05) is 48.5 Å². The van der Waals surface area contributed by atoms with Crippen LogP contribution >= 0.6 is 0 Å². The van der Waals surface area contributed by atoms with E-state index >= 15 is 0 Å². The van der Waals surface area contributed by atoms with E-state index in [9.17, 15) is 9.59 Å². The fraction of sp³-hybridized carbons (Fsp3) is 0.130. The van der Waals surface area contributed by atoms with Crippen molar-refractivity contribution in [2.75, 3.05) is 17.3 Å². The fourth-order valence-electron chi connectivity index (χ4n) is 2.69. The number of ether oxygens (including phenoxy) is 1. The first kappa shape index (κ1) is 19.2. The van der Waals surface area contributed by atoms with E-state index in [0.717, 1.165) is 5.69 Å². The quantitative estimate of drug-likeness (QED) is 0.697. The van der Waals surface area contributed by atoms with Crippen LogP contribution in [0.2, 0.25) is 0 Å². The smallest absolute Gasteiger partial charge is 0.265 e. The van der Waals surface area contributed by atoms with Gasteiger partial charge in [-0.1, -0.05) is 42.5 Å². The molecule has 0 radical (unpaired) electrons. The van der Waals surface area contributed by atoms with E-state index in [1.165, 1.54) is 0 Å². The number of hydrogen-bond donors (Lipinski definition) is 1. The predicted molar refractivity (Wildman–Crippen MR) is 111 cm³/mol.